The number of nitrogens with one attached hydrogen (secondary N) is 2. The van der Waals surface area contributed by atoms with Crippen LogP contribution < -0.4 is 15.5 Å². The van der Waals surface area contributed by atoms with Crippen molar-refractivity contribution in [3.05, 3.63) is 93.3 Å². The maximum atomic E-state index is 13.7. The molecule has 5 nitrogen and oxygen atoms in total. The fraction of sp³-hybridized carbons (Fsp3) is 0.310. The maximum absolute atomic E-state index is 13.7. The molecule has 0 radical (unpaired) electrons. The van der Waals surface area contributed by atoms with Crippen LogP contribution in [0.25, 0.3) is 0 Å². The lowest BCUT2D eigenvalue weighted by atomic mass is 9.73. The number of fused-ring (bicyclic) bond motifs is 1. The van der Waals surface area contributed by atoms with Gasteiger partial charge in [0, 0.05) is 22.6 Å². The SMILES string of the molecule is Cc1ccc(C2C3=C(CC(C)(C)CC3=O)Nc3ccccc3N2CC(=O)NCc2cccs2)cc1. The molecule has 0 fully saturated rings. The van der Waals surface area contributed by atoms with Crippen molar-refractivity contribution in [3.8, 4) is 0 Å². The summed E-state index contributed by atoms with van der Waals surface area (Å²) in [5, 5.41) is 8.68. The summed E-state index contributed by atoms with van der Waals surface area (Å²) in [6.45, 7) is 6.99. The summed E-state index contributed by atoms with van der Waals surface area (Å²) in [6, 6.07) is 20.0. The number of carbonyl (C=O) groups excluding carboxylic acids is 2. The molecule has 35 heavy (non-hydrogen) atoms. The lowest BCUT2D eigenvalue weighted by Crippen LogP contribution is -2.41. The van der Waals surface area contributed by atoms with E-state index in [1.807, 2.05) is 41.8 Å². The molecule has 5 rings (SSSR count). The monoisotopic (exact) mass is 485 g/mol. The molecule has 2 N–H and O–H groups in total. The number of Topliss-reactive ketones (excluding diaryl/α,β-unsaturated/α-hetero) is 1. The molecule has 2 aromatic carbocycles. The summed E-state index contributed by atoms with van der Waals surface area (Å²) in [5.74, 6) is 0.0732. The number of nitrogens with zero attached hydrogens (tertiary/aromatic N) is 1. The Morgan fingerprint density at radius 1 is 1.09 bits per heavy atom. The van der Waals surface area contributed by atoms with Crippen LogP contribution in [0, 0.1) is 12.3 Å². The number of ketones is 1. The Morgan fingerprint density at radius 2 is 1.86 bits per heavy atom. The average Bonchev–Trinajstić information content (AvgIpc) is 3.29. The van der Waals surface area contributed by atoms with E-state index >= 15 is 0 Å². The van der Waals surface area contributed by atoms with Gasteiger partial charge >= 0.3 is 0 Å². The normalized spacial score (nSPS) is 18.9. The number of para-hydroxylation sites is 2. The van der Waals surface area contributed by atoms with Gasteiger partial charge in [0.2, 0.25) is 5.91 Å². The minimum absolute atomic E-state index is 0.0713. The summed E-state index contributed by atoms with van der Waals surface area (Å²) >= 11 is 1.63. The number of anilines is 2. The molecular formula is C29H31N3O2S. The van der Waals surface area contributed by atoms with Crippen LogP contribution >= 0.6 is 11.3 Å². The number of aryl methyl sites for hydroxylation is 1. The van der Waals surface area contributed by atoms with Gasteiger partial charge in [-0.1, -0.05) is 61.9 Å². The quantitative estimate of drug-likeness (QED) is 0.466. The van der Waals surface area contributed by atoms with Crippen molar-refractivity contribution in [2.75, 3.05) is 16.8 Å². The molecule has 0 spiro atoms. The molecular weight excluding hydrogens is 454 g/mol. The van der Waals surface area contributed by atoms with Crippen molar-refractivity contribution >= 4 is 34.4 Å². The summed E-state index contributed by atoms with van der Waals surface area (Å²) in [5.41, 5.74) is 5.63. The highest BCUT2D eigenvalue weighted by atomic mass is 32.1. The molecule has 2 aliphatic rings. The first-order chi connectivity index (χ1) is 16.8. The van der Waals surface area contributed by atoms with Crippen LogP contribution in [0.2, 0.25) is 0 Å². The molecule has 0 bridgehead atoms. The van der Waals surface area contributed by atoms with Crippen molar-refractivity contribution in [1.82, 2.24) is 5.32 Å². The second-order valence-corrected chi connectivity index (χ2v) is 11.3. The van der Waals surface area contributed by atoms with Gasteiger partial charge in [0.05, 0.1) is 30.5 Å². The number of allylic oxidation sites excluding steroid dienone is 1. The fourth-order valence-corrected chi connectivity index (χ4v) is 5.78. The number of amides is 1. The van der Waals surface area contributed by atoms with Gasteiger partial charge in [-0.25, -0.2) is 0 Å². The number of rotatable bonds is 5. The third kappa shape index (κ3) is 4.89. The van der Waals surface area contributed by atoms with E-state index in [-0.39, 0.29) is 29.7 Å². The Bertz CT molecular complexity index is 1280. The summed E-state index contributed by atoms with van der Waals surface area (Å²) in [6.07, 6.45) is 1.27. The minimum atomic E-state index is -0.349. The Morgan fingerprint density at radius 3 is 2.60 bits per heavy atom. The number of hydrogen-bond donors (Lipinski definition) is 2. The van der Waals surface area contributed by atoms with Crippen molar-refractivity contribution in [2.45, 2.75) is 46.2 Å². The van der Waals surface area contributed by atoms with Gasteiger partial charge in [-0.15, -0.1) is 11.3 Å². The molecule has 6 heteroatoms. The molecule has 1 aliphatic carbocycles. The van der Waals surface area contributed by atoms with Crippen LogP contribution in [0.1, 0.15) is 48.7 Å². The number of thiophene rings is 1. The topological polar surface area (TPSA) is 61.4 Å². The first-order valence-electron chi connectivity index (χ1n) is 12.1. The number of carbonyl (C=O) groups is 2. The lowest BCUT2D eigenvalue weighted by molar-refractivity contribution is -0.120. The third-order valence-electron chi connectivity index (χ3n) is 6.75. The Balaban J connectivity index is 1.60. The molecule has 180 valence electrons. The van der Waals surface area contributed by atoms with E-state index < -0.39 is 0 Å². The van der Waals surface area contributed by atoms with E-state index in [1.54, 1.807) is 11.3 Å². The minimum Gasteiger partial charge on any atom is -0.357 e. The number of hydrogen-bond acceptors (Lipinski definition) is 5. The van der Waals surface area contributed by atoms with Gasteiger partial charge in [0.15, 0.2) is 5.78 Å². The van der Waals surface area contributed by atoms with Crippen molar-refractivity contribution in [1.29, 1.82) is 0 Å². The molecule has 1 atom stereocenters. The molecule has 2 heterocycles. The van der Waals surface area contributed by atoms with Crippen LogP contribution in [-0.4, -0.2) is 18.2 Å². The second-order valence-electron chi connectivity index (χ2n) is 10.3. The van der Waals surface area contributed by atoms with Crippen LogP contribution in [0.5, 0.6) is 0 Å². The zero-order chi connectivity index (χ0) is 24.6. The molecule has 1 aliphatic heterocycles. The van der Waals surface area contributed by atoms with Gasteiger partial charge in [-0.05, 0) is 47.9 Å². The van der Waals surface area contributed by atoms with Gasteiger partial charge in [0.25, 0.3) is 0 Å². The van der Waals surface area contributed by atoms with Crippen molar-refractivity contribution in [2.24, 2.45) is 5.41 Å². The summed E-state index contributed by atoms with van der Waals surface area (Å²) in [4.78, 5) is 30.1. The highest BCUT2D eigenvalue weighted by Gasteiger charge is 2.41. The maximum Gasteiger partial charge on any atom is 0.239 e. The standard InChI is InChI=1S/C29H31N3O2S/c1-19-10-12-20(13-11-19)28-27-23(15-29(2,3)16-25(27)33)31-22-8-4-5-9-24(22)32(28)18-26(34)30-17-21-7-6-14-35-21/h4-14,28,31H,15-18H2,1-3H3,(H,30,34). The molecule has 1 amide bonds. The molecule has 3 aromatic rings. The zero-order valence-electron chi connectivity index (χ0n) is 20.4. The van der Waals surface area contributed by atoms with Gasteiger partial charge in [-0.2, -0.15) is 0 Å². The van der Waals surface area contributed by atoms with Crippen LogP contribution in [0.4, 0.5) is 11.4 Å². The van der Waals surface area contributed by atoms with Crippen LogP contribution in [-0.2, 0) is 16.1 Å². The lowest BCUT2D eigenvalue weighted by Gasteiger charge is -2.38. The first-order valence-corrected chi connectivity index (χ1v) is 12.9. The predicted molar refractivity (Wildman–Crippen MR) is 143 cm³/mol. The Kier molecular flexibility index (Phi) is 6.24. The summed E-state index contributed by atoms with van der Waals surface area (Å²) < 4.78 is 0. The highest BCUT2D eigenvalue weighted by molar-refractivity contribution is 7.09. The van der Waals surface area contributed by atoms with Crippen LogP contribution in [0.15, 0.2) is 77.3 Å². The second kappa shape index (κ2) is 9.34. The zero-order valence-corrected chi connectivity index (χ0v) is 21.2. The van der Waals surface area contributed by atoms with Crippen molar-refractivity contribution < 1.29 is 9.59 Å². The van der Waals surface area contributed by atoms with Gasteiger partial charge in [-0.3, -0.25) is 9.59 Å². The Hall–Kier alpha value is -3.38. The number of benzene rings is 2. The molecule has 0 saturated heterocycles. The summed E-state index contributed by atoms with van der Waals surface area (Å²) in [7, 11) is 0. The molecule has 0 saturated carbocycles. The fourth-order valence-electron chi connectivity index (χ4n) is 5.13. The van der Waals surface area contributed by atoms with E-state index in [1.165, 1.54) is 0 Å². The highest BCUT2D eigenvalue weighted by Crippen LogP contribution is 2.48. The van der Waals surface area contributed by atoms with Gasteiger partial charge < -0.3 is 15.5 Å². The van der Waals surface area contributed by atoms with E-state index in [0.29, 0.717) is 13.0 Å². The van der Waals surface area contributed by atoms with E-state index in [2.05, 4.69) is 60.6 Å². The smallest absolute Gasteiger partial charge is 0.239 e. The Labute approximate surface area is 210 Å². The molecule has 1 unspecified atom stereocenters. The van der Waals surface area contributed by atoms with Gasteiger partial charge in [0.1, 0.15) is 0 Å². The predicted octanol–water partition coefficient (Wildman–Crippen LogP) is 5.99. The third-order valence-corrected chi connectivity index (χ3v) is 7.63. The first kappa shape index (κ1) is 23.4. The van der Waals surface area contributed by atoms with E-state index in [9.17, 15) is 9.59 Å². The van der Waals surface area contributed by atoms with E-state index in [0.717, 1.165) is 45.1 Å². The largest absolute Gasteiger partial charge is 0.357 e. The van der Waals surface area contributed by atoms with E-state index in [4.69, 9.17) is 0 Å². The molecule has 1 aromatic heterocycles. The average molecular weight is 486 g/mol. The van der Waals surface area contributed by atoms with Crippen molar-refractivity contribution in [3.63, 3.8) is 0 Å². The van der Waals surface area contributed by atoms with Crippen LogP contribution in [0.3, 0.4) is 0 Å².